The molecule has 2 aromatic rings. The maximum Gasteiger partial charge on any atom is 0.352 e. The number of carbonyl (C=O) groups is 2. The Morgan fingerprint density at radius 2 is 2.00 bits per heavy atom. The maximum atomic E-state index is 12.4. The van der Waals surface area contributed by atoms with Crippen molar-refractivity contribution in [3.05, 3.63) is 55.3 Å². The highest BCUT2D eigenvalue weighted by atomic mass is 127. The van der Waals surface area contributed by atoms with E-state index >= 15 is 0 Å². The van der Waals surface area contributed by atoms with Crippen LogP contribution in [0.4, 0.5) is 0 Å². The van der Waals surface area contributed by atoms with Crippen LogP contribution in [-0.2, 0) is 7.05 Å². The molecule has 1 aromatic carbocycles. The Morgan fingerprint density at radius 3 is 2.58 bits per heavy atom. The van der Waals surface area contributed by atoms with Crippen molar-refractivity contribution in [3.8, 4) is 0 Å². The summed E-state index contributed by atoms with van der Waals surface area (Å²) in [5.74, 6) is -1.24. The second-order valence-electron chi connectivity index (χ2n) is 3.98. The van der Waals surface area contributed by atoms with Gasteiger partial charge in [-0.15, -0.1) is 0 Å². The van der Waals surface area contributed by atoms with E-state index in [0.717, 1.165) is 8.04 Å². The number of hydrogen-bond acceptors (Lipinski definition) is 2. The minimum Gasteiger partial charge on any atom is -0.477 e. The van der Waals surface area contributed by atoms with Gasteiger partial charge in [0.2, 0.25) is 0 Å². The van der Waals surface area contributed by atoms with E-state index in [1.807, 2.05) is 12.1 Å². The Balaban J connectivity index is 2.47. The van der Waals surface area contributed by atoms with Crippen LogP contribution in [0.5, 0.6) is 0 Å². The third-order valence-corrected chi connectivity index (χ3v) is 4.09. The molecule has 0 unspecified atom stereocenters. The van der Waals surface area contributed by atoms with Gasteiger partial charge in [0, 0.05) is 32.4 Å². The molecule has 0 aliphatic rings. The second kappa shape index (κ2) is 5.46. The number of halogens is 2. The molecule has 6 heteroatoms. The van der Waals surface area contributed by atoms with Crippen molar-refractivity contribution in [2.24, 2.45) is 7.05 Å². The predicted octanol–water partition coefficient (Wildman–Crippen LogP) is 3.32. The van der Waals surface area contributed by atoms with E-state index in [2.05, 4.69) is 38.5 Å². The number of aryl methyl sites for hydroxylation is 1. The van der Waals surface area contributed by atoms with Crippen LogP contribution >= 0.6 is 38.5 Å². The Hall–Kier alpha value is -1.15. The molecular weight excluding hydrogens is 425 g/mol. The summed E-state index contributed by atoms with van der Waals surface area (Å²) >= 11 is 5.41. The summed E-state index contributed by atoms with van der Waals surface area (Å²) in [5, 5.41) is 8.99. The Kier molecular flexibility index (Phi) is 4.10. The van der Waals surface area contributed by atoms with E-state index in [-0.39, 0.29) is 11.5 Å². The minimum atomic E-state index is -1.05. The molecule has 98 valence electrons. The summed E-state index contributed by atoms with van der Waals surface area (Å²) in [5.41, 5.74) is 1.02. The molecule has 0 aliphatic heterocycles. The molecule has 0 saturated heterocycles. The van der Waals surface area contributed by atoms with Gasteiger partial charge in [-0.1, -0.05) is 15.9 Å². The van der Waals surface area contributed by atoms with E-state index in [9.17, 15) is 9.59 Å². The van der Waals surface area contributed by atoms with Crippen molar-refractivity contribution >= 4 is 50.3 Å². The van der Waals surface area contributed by atoms with Crippen LogP contribution in [-0.4, -0.2) is 21.4 Å². The Bertz CT molecular complexity index is 679. The quantitative estimate of drug-likeness (QED) is 0.596. The van der Waals surface area contributed by atoms with Crippen molar-refractivity contribution in [3.63, 3.8) is 0 Å². The SMILES string of the molecule is Cn1cc(C(=O)c2cc(Br)ccc2I)cc1C(=O)O. The summed E-state index contributed by atoms with van der Waals surface area (Å²) < 4.78 is 3.07. The van der Waals surface area contributed by atoms with E-state index in [4.69, 9.17) is 5.11 Å². The highest BCUT2D eigenvalue weighted by molar-refractivity contribution is 14.1. The average Bonchev–Trinajstić information content (AvgIpc) is 2.74. The van der Waals surface area contributed by atoms with E-state index in [1.54, 1.807) is 13.1 Å². The van der Waals surface area contributed by atoms with Crippen LogP contribution in [0.25, 0.3) is 0 Å². The van der Waals surface area contributed by atoms with Crippen LogP contribution in [0, 0.1) is 3.57 Å². The third kappa shape index (κ3) is 2.89. The number of nitrogens with zero attached hydrogens (tertiary/aromatic N) is 1. The molecule has 1 heterocycles. The molecule has 4 nitrogen and oxygen atoms in total. The van der Waals surface area contributed by atoms with Gasteiger partial charge in [0.15, 0.2) is 5.78 Å². The van der Waals surface area contributed by atoms with E-state index in [1.165, 1.54) is 16.8 Å². The lowest BCUT2D eigenvalue weighted by atomic mass is 10.1. The van der Waals surface area contributed by atoms with Crippen molar-refractivity contribution in [2.75, 3.05) is 0 Å². The zero-order valence-electron chi connectivity index (χ0n) is 9.85. The predicted molar refractivity (Wildman–Crippen MR) is 82.7 cm³/mol. The fourth-order valence-electron chi connectivity index (χ4n) is 1.73. The van der Waals surface area contributed by atoms with Gasteiger partial charge in [-0.3, -0.25) is 4.79 Å². The van der Waals surface area contributed by atoms with Crippen LogP contribution < -0.4 is 0 Å². The van der Waals surface area contributed by atoms with Crippen molar-refractivity contribution < 1.29 is 14.7 Å². The zero-order chi connectivity index (χ0) is 14.2. The summed E-state index contributed by atoms with van der Waals surface area (Å²) in [6, 6.07) is 6.81. The van der Waals surface area contributed by atoms with Gasteiger partial charge in [0.1, 0.15) is 5.69 Å². The lowest BCUT2D eigenvalue weighted by Crippen LogP contribution is -2.02. The van der Waals surface area contributed by atoms with Gasteiger partial charge < -0.3 is 9.67 Å². The van der Waals surface area contributed by atoms with Crippen molar-refractivity contribution in [1.29, 1.82) is 0 Å². The van der Waals surface area contributed by atoms with Crippen molar-refractivity contribution in [2.45, 2.75) is 0 Å². The molecule has 19 heavy (non-hydrogen) atoms. The summed E-state index contributed by atoms with van der Waals surface area (Å²) in [6.07, 6.45) is 1.53. The Labute approximate surface area is 131 Å². The number of hydrogen-bond donors (Lipinski definition) is 1. The van der Waals surface area contributed by atoms with Crippen LogP contribution in [0.3, 0.4) is 0 Å². The summed E-state index contributed by atoms with van der Waals surface area (Å²) in [4.78, 5) is 23.3. The molecule has 0 radical (unpaired) electrons. The largest absolute Gasteiger partial charge is 0.477 e. The minimum absolute atomic E-state index is 0.0911. The number of carbonyl (C=O) groups excluding carboxylic acids is 1. The van der Waals surface area contributed by atoms with E-state index < -0.39 is 5.97 Å². The van der Waals surface area contributed by atoms with Gasteiger partial charge >= 0.3 is 5.97 Å². The topological polar surface area (TPSA) is 59.3 Å². The highest BCUT2D eigenvalue weighted by Crippen LogP contribution is 2.22. The van der Waals surface area contributed by atoms with Gasteiger partial charge in [-0.25, -0.2) is 4.79 Å². The first-order chi connectivity index (χ1) is 8.90. The standard InChI is InChI=1S/C13H9BrINO3/c1-16-6-7(4-11(16)13(18)19)12(17)9-5-8(14)2-3-10(9)15/h2-6H,1H3,(H,18,19). The van der Waals surface area contributed by atoms with Crippen LogP contribution in [0.15, 0.2) is 34.9 Å². The lowest BCUT2D eigenvalue weighted by Gasteiger charge is -2.02. The number of rotatable bonds is 3. The normalized spacial score (nSPS) is 10.5. The molecule has 0 bridgehead atoms. The van der Waals surface area contributed by atoms with Crippen LogP contribution in [0.2, 0.25) is 0 Å². The number of carboxylic acids is 1. The smallest absolute Gasteiger partial charge is 0.352 e. The molecule has 0 atom stereocenters. The summed E-state index contributed by atoms with van der Waals surface area (Å²) in [7, 11) is 1.60. The molecule has 0 spiro atoms. The zero-order valence-corrected chi connectivity index (χ0v) is 13.6. The van der Waals surface area contributed by atoms with E-state index in [0.29, 0.717) is 11.1 Å². The maximum absolute atomic E-state index is 12.4. The first-order valence-corrected chi connectivity index (χ1v) is 7.16. The third-order valence-electron chi connectivity index (χ3n) is 2.66. The molecule has 2 rings (SSSR count). The fourth-order valence-corrected chi connectivity index (χ4v) is 2.67. The number of aromatic carboxylic acids is 1. The highest BCUT2D eigenvalue weighted by Gasteiger charge is 2.18. The number of benzene rings is 1. The number of ketones is 1. The summed E-state index contributed by atoms with van der Waals surface area (Å²) in [6.45, 7) is 0. The second-order valence-corrected chi connectivity index (χ2v) is 6.06. The van der Waals surface area contributed by atoms with Gasteiger partial charge in [-0.05, 0) is 46.9 Å². The molecular formula is C13H9BrINO3. The number of aromatic nitrogens is 1. The first-order valence-electron chi connectivity index (χ1n) is 5.29. The molecule has 1 aromatic heterocycles. The van der Waals surface area contributed by atoms with Gasteiger partial charge in [0.25, 0.3) is 0 Å². The first kappa shape index (κ1) is 14.3. The number of carboxylic acid groups (broad SMARTS) is 1. The molecule has 1 N–H and O–H groups in total. The fraction of sp³-hybridized carbons (Fsp3) is 0.0769. The molecule has 0 aliphatic carbocycles. The average molecular weight is 434 g/mol. The molecule has 0 saturated carbocycles. The monoisotopic (exact) mass is 433 g/mol. The lowest BCUT2D eigenvalue weighted by molar-refractivity contribution is 0.0686. The van der Waals surface area contributed by atoms with Crippen LogP contribution in [0.1, 0.15) is 26.4 Å². The van der Waals surface area contributed by atoms with Gasteiger partial charge in [0.05, 0.1) is 0 Å². The Morgan fingerprint density at radius 1 is 1.32 bits per heavy atom. The van der Waals surface area contributed by atoms with Crippen molar-refractivity contribution in [1.82, 2.24) is 4.57 Å². The molecule has 0 amide bonds. The van der Waals surface area contributed by atoms with Gasteiger partial charge in [-0.2, -0.15) is 0 Å². The molecule has 0 fully saturated rings.